The molecule has 0 aromatic heterocycles. The number of allylic oxidation sites excluding steroid dienone is 1. The number of hydrogen-bond acceptors (Lipinski definition) is 6. The molecule has 0 heterocycles. The number of benzene rings is 3. The highest BCUT2D eigenvalue weighted by molar-refractivity contribution is 6.07. The average Bonchev–Trinajstić information content (AvgIpc) is 2.83. The molecule has 0 bridgehead atoms. The topological polar surface area (TPSA) is 94.1 Å². The summed E-state index contributed by atoms with van der Waals surface area (Å²) in [7, 11) is 1.42. The van der Waals surface area contributed by atoms with Gasteiger partial charge in [0.15, 0.2) is 35.4 Å². The van der Waals surface area contributed by atoms with E-state index in [1.54, 1.807) is 36.4 Å². The Kier molecular flexibility index (Phi) is 8.07. The average molecular weight is 447 g/mol. The largest absolute Gasteiger partial charge is 0.504 e. The van der Waals surface area contributed by atoms with Crippen LogP contribution in [0.25, 0.3) is 6.08 Å². The molecule has 0 atom stereocenters. The third-order valence-corrected chi connectivity index (χ3v) is 4.58. The van der Waals surface area contributed by atoms with Crippen LogP contribution in [0.15, 0.2) is 72.8 Å². The number of nitrogens with one attached hydrogen (secondary N) is 1. The molecular weight excluding hydrogens is 422 g/mol. The van der Waals surface area contributed by atoms with Crippen LogP contribution in [0.3, 0.4) is 0 Å². The fraction of sp³-hybridized carbons (Fsp3) is 0.154. The van der Waals surface area contributed by atoms with E-state index in [0.29, 0.717) is 29.4 Å². The molecule has 7 nitrogen and oxygen atoms in total. The fourth-order valence-corrected chi connectivity index (χ4v) is 2.98. The molecule has 3 aromatic rings. The van der Waals surface area contributed by atoms with E-state index in [-0.39, 0.29) is 29.8 Å². The Labute approximate surface area is 192 Å². The van der Waals surface area contributed by atoms with Gasteiger partial charge in [-0.1, -0.05) is 30.3 Å². The molecule has 1 amide bonds. The first-order valence-corrected chi connectivity index (χ1v) is 10.3. The summed E-state index contributed by atoms with van der Waals surface area (Å²) in [5.41, 5.74) is 1.79. The zero-order valence-corrected chi connectivity index (χ0v) is 18.4. The molecule has 3 aromatic carbocycles. The van der Waals surface area contributed by atoms with E-state index >= 15 is 0 Å². The maximum absolute atomic E-state index is 12.5. The standard InChI is InChI=1S/C26H25NO6/c1-3-32-25-15-18(9-12-21(28)19-11-13-22(29)24(16-19)31-2)10-14-23(25)33-17-26(30)27-20-7-5-4-6-8-20/h4-16,29H,3,17H2,1-2H3,(H,27,30)/b12-9+. The van der Waals surface area contributed by atoms with E-state index in [9.17, 15) is 14.7 Å². The minimum Gasteiger partial charge on any atom is -0.504 e. The number of para-hydroxylation sites is 1. The number of amides is 1. The van der Waals surface area contributed by atoms with Crippen LogP contribution < -0.4 is 19.5 Å². The van der Waals surface area contributed by atoms with Crippen LogP contribution in [-0.4, -0.2) is 37.1 Å². The van der Waals surface area contributed by atoms with Crippen molar-refractivity contribution >= 4 is 23.5 Å². The number of methoxy groups -OCH3 is 1. The van der Waals surface area contributed by atoms with Gasteiger partial charge in [-0.2, -0.15) is 0 Å². The Bertz CT molecular complexity index is 1140. The number of ketones is 1. The molecule has 0 saturated carbocycles. The van der Waals surface area contributed by atoms with Crippen molar-refractivity contribution in [1.29, 1.82) is 0 Å². The molecule has 0 unspecified atom stereocenters. The Morgan fingerprint density at radius 3 is 2.45 bits per heavy atom. The second-order valence-electron chi connectivity index (χ2n) is 6.93. The molecule has 7 heteroatoms. The van der Waals surface area contributed by atoms with Crippen LogP contribution in [0, 0.1) is 0 Å². The minimum atomic E-state index is -0.289. The van der Waals surface area contributed by atoms with Gasteiger partial charge in [-0.3, -0.25) is 9.59 Å². The number of hydrogen-bond donors (Lipinski definition) is 2. The Hall–Kier alpha value is -4.26. The molecule has 0 aliphatic heterocycles. The van der Waals surface area contributed by atoms with Gasteiger partial charge < -0.3 is 24.6 Å². The number of carbonyl (C=O) groups excluding carboxylic acids is 2. The summed E-state index contributed by atoms with van der Waals surface area (Å²) in [6.45, 7) is 2.08. The highest BCUT2D eigenvalue weighted by atomic mass is 16.5. The lowest BCUT2D eigenvalue weighted by atomic mass is 10.1. The van der Waals surface area contributed by atoms with Crippen LogP contribution in [-0.2, 0) is 4.79 Å². The summed E-state index contributed by atoms with van der Waals surface area (Å²) >= 11 is 0. The normalized spacial score (nSPS) is 10.6. The number of anilines is 1. The van der Waals surface area contributed by atoms with E-state index in [4.69, 9.17) is 14.2 Å². The molecule has 170 valence electrons. The first kappa shape index (κ1) is 23.4. The van der Waals surface area contributed by atoms with Gasteiger partial charge in [-0.25, -0.2) is 0 Å². The van der Waals surface area contributed by atoms with Crippen molar-refractivity contribution in [2.75, 3.05) is 25.6 Å². The van der Waals surface area contributed by atoms with Crippen LogP contribution >= 0.6 is 0 Å². The van der Waals surface area contributed by atoms with Gasteiger partial charge in [-0.05, 0) is 61.0 Å². The van der Waals surface area contributed by atoms with E-state index < -0.39 is 0 Å². The summed E-state index contributed by atoms with van der Waals surface area (Å²) in [5, 5.41) is 12.4. The van der Waals surface area contributed by atoms with Gasteiger partial charge in [-0.15, -0.1) is 0 Å². The predicted octanol–water partition coefficient (Wildman–Crippen LogP) is 4.71. The van der Waals surface area contributed by atoms with Crippen molar-refractivity contribution in [3.8, 4) is 23.0 Å². The van der Waals surface area contributed by atoms with E-state index in [1.807, 2.05) is 25.1 Å². The smallest absolute Gasteiger partial charge is 0.262 e. The predicted molar refractivity (Wildman–Crippen MR) is 126 cm³/mol. The number of phenolic OH excluding ortho intramolecular Hbond substituents is 1. The zero-order valence-electron chi connectivity index (χ0n) is 18.4. The van der Waals surface area contributed by atoms with Gasteiger partial charge in [0.05, 0.1) is 13.7 Å². The van der Waals surface area contributed by atoms with E-state index in [1.165, 1.54) is 31.4 Å². The van der Waals surface area contributed by atoms with Gasteiger partial charge in [0, 0.05) is 11.3 Å². The Balaban J connectivity index is 1.67. The maximum atomic E-state index is 12.5. The molecule has 3 rings (SSSR count). The molecule has 0 radical (unpaired) electrons. The molecular formula is C26H25NO6. The van der Waals surface area contributed by atoms with Crippen LogP contribution in [0.2, 0.25) is 0 Å². The maximum Gasteiger partial charge on any atom is 0.262 e. The second-order valence-corrected chi connectivity index (χ2v) is 6.93. The first-order chi connectivity index (χ1) is 16.0. The van der Waals surface area contributed by atoms with Crippen molar-refractivity contribution in [1.82, 2.24) is 0 Å². The Morgan fingerprint density at radius 1 is 0.939 bits per heavy atom. The summed E-state index contributed by atoms with van der Waals surface area (Å²) < 4.78 is 16.3. The number of carbonyl (C=O) groups is 2. The van der Waals surface area contributed by atoms with Crippen molar-refractivity contribution in [2.24, 2.45) is 0 Å². The van der Waals surface area contributed by atoms with Crippen molar-refractivity contribution < 1.29 is 28.9 Å². The van der Waals surface area contributed by atoms with Crippen LogP contribution in [0.5, 0.6) is 23.0 Å². The Morgan fingerprint density at radius 2 is 1.73 bits per heavy atom. The van der Waals surface area contributed by atoms with E-state index in [2.05, 4.69) is 5.32 Å². The molecule has 33 heavy (non-hydrogen) atoms. The molecule has 0 aliphatic rings. The molecule has 0 saturated heterocycles. The monoisotopic (exact) mass is 447 g/mol. The highest BCUT2D eigenvalue weighted by Gasteiger charge is 2.10. The summed E-state index contributed by atoms with van der Waals surface area (Å²) in [6.07, 6.45) is 3.07. The summed E-state index contributed by atoms with van der Waals surface area (Å²) in [4.78, 5) is 24.6. The fourth-order valence-electron chi connectivity index (χ4n) is 2.98. The number of aromatic hydroxyl groups is 1. The third-order valence-electron chi connectivity index (χ3n) is 4.58. The van der Waals surface area contributed by atoms with Crippen molar-refractivity contribution in [3.05, 3.63) is 83.9 Å². The molecule has 0 fully saturated rings. The number of rotatable bonds is 10. The van der Waals surface area contributed by atoms with Crippen LogP contribution in [0.1, 0.15) is 22.8 Å². The molecule has 0 spiro atoms. The highest BCUT2D eigenvalue weighted by Crippen LogP contribution is 2.30. The second kappa shape index (κ2) is 11.4. The quantitative estimate of drug-likeness (QED) is 0.345. The zero-order chi connectivity index (χ0) is 23.6. The number of phenols is 1. The minimum absolute atomic E-state index is 0.0348. The van der Waals surface area contributed by atoms with Gasteiger partial charge in [0.2, 0.25) is 0 Å². The van der Waals surface area contributed by atoms with Crippen molar-refractivity contribution in [3.63, 3.8) is 0 Å². The first-order valence-electron chi connectivity index (χ1n) is 10.3. The lowest BCUT2D eigenvalue weighted by Crippen LogP contribution is -2.20. The lowest BCUT2D eigenvalue weighted by Gasteiger charge is -2.13. The van der Waals surface area contributed by atoms with E-state index in [0.717, 1.165) is 5.56 Å². The molecule has 0 aliphatic carbocycles. The lowest BCUT2D eigenvalue weighted by molar-refractivity contribution is -0.118. The summed E-state index contributed by atoms with van der Waals surface area (Å²) in [6, 6.07) is 18.7. The van der Waals surface area contributed by atoms with Gasteiger partial charge in [0.1, 0.15) is 0 Å². The third kappa shape index (κ3) is 6.61. The van der Waals surface area contributed by atoms with Gasteiger partial charge in [0.25, 0.3) is 5.91 Å². The SMILES string of the molecule is CCOc1cc(/C=C/C(=O)c2ccc(O)c(OC)c2)ccc1OCC(=O)Nc1ccccc1. The van der Waals surface area contributed by atoms with Crippen molar-refractivity contribution in [2.45, 2.75) is 6.92 Å². The van der Waals surface area contributed by atoms with Gasteiger partial charge >= 0.3 is 0 Å². The van der Waals surface area contributed by atoms with Crippen LogP contribution in [0.4, 0.5) is 5.69 Å². The number of ether oxygens (including phenoxy) is 3. The molecule has 2 N–H and O–H groups in total. The summed E-state index contributed by atoms with van der Waals surface area (Å²) in [5.74, 6) is 0.544.